The zero-order chi connectivity index (χ0) is 22.9. The van der Waals surface area contributed by atoms with Crippen molar-refractivity contribution in [2.45, 2.75) is 24.5 Å². The molecule has 2 aromatic carbocycles. The van der Waals surface area contributed by atoms with Crippen molar-refractivity contribution in [3.8, 4) is 11.4 Å². The van der Waals surface area contributed by atoms with Gasteiger partial charge in [-0.15, -0.1) is 10.2 Å². The normalized spacial score (nSPS) is 18.0. The van der Waals surface area contributed by atoms with Crippen LogP contribution in [0, 0.1) is 6.92 Å². The molecule has 3 aromatic rings. The third-order valence-electron chi connectivity index (χ3n) is 5.33. The Kier molecular flexibility index (Phi) is 5.70. The first kappa shape index (κ1) is 21.6. The van der Waals surface area contributed by atoms with Gasteiger partial charge in [-0.1, -0.05) is 66.4 Å². The van der Waals surface area contributed by atoms with Gasteiger partial charge in [0.05, 0.1) is 5.75 Å². The van der Waals surface area contributed by atoms with E-state index in [1.165, 1.54) is 11.8 Å². The van der Waals surface area contributed by atoms with E-state index in [1.54, 1.807) is 35.8 Å². The summed E-state index contributed by atoms with van der Waals surface area (Å²) >= 11 is 1.17. The number of urea groups is 1. The van der Waals surface area contributed by atoms with Gasteiger partial charge in [0.15, 0.2) is 11.0 Å². The highest BCUT2D eigenvalue weighted by Gasteiger charge is 2.49. The number of thioether (sulfide) groups is 1. The Balaban J connectivity index is 1.41. The van der Waals surface area contributed by atoms with Crippen LogP contribution in [0.15, 0.2) is 59.8 Å². The number of carbonyl (C=O) groups is 3. The van der Waals surface area contributed by atoms with E-state index in [-0.39, 0.29) is 5.75 Å². The second kappa shape index (κ2) is 8.46. The van der Waals surface area contributed by atoms with E-state index in [1.807, 2.05) is 44.3 Å². The molecule has 0 radical (unpaired) electrons. The second-order valence-electron chi connectivity index (χ2n) is 7.57. The van der Waals surface area contributed by atoms with Gasteiger partial charge in [0.2, 0.25) is 5.91 Å². The Morgan fingerprint density at radius 1 is 1.09 bits per heavy atom. The molecule has 4 rings (SSSR count). The van der Waals surface area contributed by atoms with Crippen LogP contribution >= 0.6 is 11.8 Å². The molecule has 1 atom stereocenters. The van der Waals surface area contributed by atoms with Crippen molar-refractivity contribution >= 4 is 29.6 Å². The second-order valence-corrected chi connectivity index (χ2v) is 8.51. The monoisotopic (exact) mass is 450 g/mol. The van der Waals surface area contributed by atoms with Crippen LogP contribution < -0.4 is 10.7 Å². The standard InChI is InChI=1S/C22H22N6O3S/c1-14-9-7-8-12-16(14)18-24-25-21(27(18)3)32-13-17(29)26-28-19(30)22(2,23-20(28)31)15-10-5-4-6-11-15/h4-12H,13H2,1-3H3,(H,23,31)(H,26,29)/t22-/m1/s1. The predicted molar refractivity (Wildman–Crippen MR) is 119 cm³/mol. The smallest absolute Gasteiger partial charge is 0.318 e. The zero-order valence-electron chi connectivity index (χ0n) is 17.8. The number of aromatic nitrogens is 3. The molecular formula is C22H22N6O3S. The minimum Gasteiger partial charge on any atom is -0.318 e. The third kappa shape index (κ3) is 3.84. The van der Waals surface area contributed by atoms with Crippen LogP contribution in [0.25, 0.3) is 11.4 Å². The number of aryl methyl sites for hydroxylation is 1. The molecule has 1 aliphatic rings. The first-order valence-electron chi connectivity index (χ1n) is 9.91. The molecule has 1 aliphatic heterocycles. The fourth-order valence-corrected chi connectivity index (χ4v) is 4.20. The van der Waals surface area contributed by atoms with Crippen molar-refractivity contribution in [2.24, 2.45) is 7.05 Å². The fraction of sp³-hybridized carbons (Fsp3) is 0.227. The van der Waals surface area contributed by atoms with Gasteiger partial charge in [0, 0.05) is 12.6 Å². The summed E-state index contributed by atoms with van der Waals surface area (Å²) < 4.78 is 1.81. The number of benzene rings is 2. The number of hydrogen-bond donors (Lipinski definition) is 2. The van der Waals surface area contributed by atoms with Crippen LogP contribution in [0.5, 0.6) is 0 Å². The van der Waals surface area contributed by atoms with Crippen molar-refractivity contribution < 1.29 is 14.4 Å². The first-order valence-corrected chi connectivity index (χ1v) is 10.9. The van der Waals surface area contributed by atoms with Gasteiger partial charge in [-0.2, -0.15) is 5.01 Å². The fourth-order valence-electron chi connectivity index (χ4n) is 3.49. The minimum absolute atomic E-state index is 0.0428. The van der Waals surface area contributed by atoms with Gasteiger partial charge < -0.3 is 9.88 Å². The highest BCUT2D eigenvalue weighted by Crippen LogP contribution is 2.28. The molecule has 2 heterocycles. The predicted octanol–water partition coefficient (Wildman–Crippen LogP) is 2.38. The van der Waals surface area contributed by atoms with Crippen LogP contribution in [0.2, 0.25) is 0 Å². The molecule has 4 amide bonds. The molecule has 1 aromatic heterocycles. The van der Waals surface area contributed by atoms with Crippen LogP contribution in [0.4, 0.5) is 4.79 Å². The molecule has 1 fully saturated rings. The summed E-state index contributed by atoms with van der Waals surface area (Å²) in [5.74, 6) is -0.402. The third-order valence-corrected chi connectivity index (χ3v) is 6.35. The number of rotatable bonds is 6. The highest BCUT2D eigenvalue weighted by molar-refractivity contribution is 7.99. The molecular weight excluding hydrogens is 428 g/mol. The number of nitrogens with zero attached hydrogens (tertiary/aromatic N) is 4. The van der Waals surface area contributed by atoms with E-state index in [2.05, 4.69) is 20.9 Å². The molecule has 0 aliphatic carbocycles. The topological polar surface area (TPSA) is 109 Å². The Morgan fingerprint density at radius 3 is 2.50 bits per heavy atom. The highest BCUT2D eigenvalue weighted by atomic mass is 32.2. The lowest BCUT2D eigenvalue weighted by molar-refractivity contribution is -0.138. The van der Waals surface area contributed by atoms with E-state index in [9.17, 15) is 14.4 Å². The van der Waals surface area contributed by atoms with Crippen LogP contribution in [-0.2, 0) is 22.2 Å². The van der Waals surface area contributed by atoms with Crippen molar-refractivity contribution in [2.75, 3.05) is 5.75 Å². The quantitative estimate of drug-likeness (QED) is 0.441. The maximum Gasteiger partial charge on any atom is 0.344 e. The summed E-state index contributed by atoms with van der Waals surface area (Å²) in [4.78, 5) is 37.8. The Hall–Kier alpha value is -3.66. The summed E-state index contributed by atoms with van der Waals surface area (Å²) in [6.45, 7) is 3.60. The average Bonchev–Trinajstić information content (AvgIpc) is 3.25. The molecule has 9 nitrogen and oxygen atoms in total. The van der Waals surface area contributed by atoms with Gasteiger partial charge in [-0.05, 0) is 25.0 Å². The van der Waals surface area contributed by atoms with E-state index in [0.717, 1.165) is 16.1 Å². The van der Waals surface area contributed by atoms with E-state index < -0.39 is 23.4 Å². The van der Waals surface area contributed by atoms with Crippen molar-refractivity contribution in [3.05, 3.63) is 65.7 Å². The van der Waals surface area contributed by atoms with Crippen LogP contribution in [0.3, 0.4) is 0 Å². The molecule has 1 saturated heterocycles. The molecule has 10 heteroatoms. The van der Waals surface area contributed by atoms with Gasteiger partial charge in [-0.3, -0.25) is 15.0 Å². The molecule has 2 N–H and O–H groups in total. The van der Waals surface area contributed by atoms with Gasteiger partial charge >= 0.3 is 6.03 Å². The lowest BCUT2D eigenvalue weighted by atomic mass is 9.92. The summed E-state index contributed by atoms with van der Waals surface area (Å²) in [5, 5.41) is 12.3. The molecule has 0 saturated carbocycles. The minimum atomic E-state index is -1.25. The number of nitrogens with one attached hydrogen (secondary N) is 2. The summed E-state index contributed by atoms with van der Waals surface area (Å²) in [6.07, 6.45) is 0. The van der Waals surface area contributed by atoms with Crippen LogP contribution in [-0.4, -0.2) is 43.4 Å². The molecule has 0 bridgehead atoms. The number of imide groups is 1. The SMILES string of the molecule is Cc1ccccc1-c1nnc(SCC(=O)NN2C(=O)N[C@](C)(c3ccccc3)C2=O)n1C. The number of hydrogen-bond acceptors (Lipinski definition) is 6. The maximum absolute atomic E-state index is 12.9. The summed E-state index contributed by atoms with van der Waals surface area (Å²) in [7, 11) is 1.82. The lowest BCUT2D eigenvalue weighted by Gasteiger charge is -2.22. The molecule has 0 unspecified atom stereocenters. The Morgan fingerprint density at radius 2 is 1.78 bits per heavy atom. The summed E-state index contributed by atoms with van der Waals surface area (Å²) in [5.41, 5.74) is 3.81. The largest absolute Gasteiger partial charge is 0.344 e. The van der Waals surface area contributed by atoms with Gasteiger partial charge in [0.1, 0.15) is 5.54 Å². The maximum atomic E-state index is 12.9. The molecule has 0 spiro atoms. The molecule has 32 heavy (non-hydrogen) atoms. The molecule has 164 valence electrons. The van der Waals surface area contributed by atoms with Crippen LogP contribution in [0.1, 0.15) is 18.1 Å². The number of carbonyl (C=O) groups excluding carboxylic acids is 3. The first-order chi connectivity index (χ1) is 15.3. The van der Waals surface area contributed by atoms with E-state index >= 15 is 0 Å². The van der Waals surface area contributed by atoms with Crippen molar-refractivity contribution in [3.63, 3.8) is 0 Å². The van der Waals surface area contributed by atoms with E-state index in [4.69, 9.17) is 0 Å². The van der Waals surface area contributed by atoms with E-state index in [0.29, 0.717) is 16.5 Å². The van der Waals surface area contributed by atoms with Gasteiger partial charge in [0.25, 0.3) is 5.91 Å². The van der Waals surface area contributed by atoms with Gasteiger partial charge in [-0.25, -0.2) is 4.79 Å². The number of amides is 4. The average molecular weight is 451 g/mol. The summed E-state index contributed by atoms with van der Waals surface area (Å²) in [6, 6.07) is 16.0. The van der Waals surface area contributed by atoms with Crippen molar-refractivity contribution in [1.82, 2.24) is 30.5 Å². The Bertz CT molecular complexity index is 1200. The Labute approximate surface area is 189 Å². The van der Waals surface area contributed by atoms with Crippen molar-refractivity contribution in [1.29, 1.82) is 0 Å². The lowest BCUT2D eigenvalue weighted by Crippen LogP contribution is -2.48. The zero-order valence-corrected chi connectivity index (χ0v) is 18.6. The number of hydrazine groups is 1.